The average Bonchev–Trinajstić information content (AvgIpc) is 2.60. The molecule has 0 aliphatic carbocycles. The lowest BCUT2D eigenvalue weighted by Gasteiger charge is -2.15. The molecule has 0 saturated carbocycles. The number of halogens is 1. The molecule has 1 aromatic heterocycles. The molecule has 1 heterocycles. The van der Waals surface area contributed by atoms with Gasteiger partial charge in [-0.1, -0.05) is 18.5 Å². The second kappa shape index (κ2) is 6.61. The molecule has 1 rings (SSSR count). The van der Waals surface area contributed by atoms with Crippen molar-refractivity contribution in [3.8, 4) is 0 Å². The van der Waals surface area contributed by atoms with Gasteiger partial charge in [-0.15, -0.1) is 0 Å². The summed E-state index contributed by atoms with van der Waals surface area (Å²) in [5.74, 6) is -0.325. The summed E-state index contributed by atoms with van der Waals surface area (Å²) in [7, 11) is 0. The summed E-state index contributed by atoms with van der Waals surface area (Å²) in [4.78, 5) is 11.2. The first-order valence-corrected chi connectivity index (χ1v) is 6.14. The summed E-state index contributed by atoms with van der Waals surface area (Å²) in [5.41, 5.74) is 6.24. The Morgan fingerprint density at radius 1 is 1.71 bits per heavy atom. The molecule has 0 aliphatic rings. The molecule has 0 saturated heterocycles. The van der Waals surface area contributed by atoms with Gasteiger partial charge in [0.25, 0.3) is 0 Å². The minimum absolute atomic E-state index is 0.308. The van der Waals surface area contributed by atoms with Crippen LogP contribution in [0.5, 0.6) is 0 Å². The Labute approximate surface area is 106 Å². The van der Waals surface area contributed by atoms with Gasteiger partial charge in [0.2, 0.25) is 5.91 Å². The van der Waals surface area contributed by atoms with E-state index in [0.717, 1.165) is 18.7 Å². The summed E-state index contributed by atoms with van der Waals surface area (Å²) >= 11 is 5.90. The van der Waals surface area contributed by atoms with E-state index in [1.54, 1.807) is 10.9 Å². The predicted molar refractivity (Wildman–Crippen MR) is 67.9 cm³/mol. The summed E-state index contributed by atoms with van der Waals surface area (Å²) in [5, 5.41) is 7.89. The van der Waals surface area contributed by atoms with E-state index in [0.29, 0.717) is 18.0 Å². The number of amides is 1. The van der Waals surface area contributed by atoms with E-state index in [2.05, 4.69) is 10.4 Å². The number of carbonyl (C=O) groups is 1. The molecule has 0 fully saturated rings. The first-order chi connectivity index (χ1) is 8.06. The first kappa shape index (κ1) is 14.0. The molecule has 0 radical (unpaired) electrons. The number of aromatic nitrogens is 2. The van der Waals surface area contributed by atoms with Gasteiger partial charge in [0.1, 0.15) is 0 Å². The van der Waals surface area contributed by atoms with Crippen molar-refractivity contribution in [3.63, 3.8) is 0 Å². The van der Waals surface area contributed by atoms with Gasteiger partial charge in [-0.25, -0.2) is 0 Å². The van der Waals surface area contributed by atoms with Crippen LogP contribution in [0.1, 0.15) is 25.5 Å². The SMILES string of the molecule is CCCNC(CCn1ncc(Cl)c1C)C(N)=O. The lowest BCUT2D eigenvalue weighted by Crippen LogP contribution is -2.42. The zero-order valence-corrected chi connectivity index (χ0v) is 11.0. The molecule has 0 aliphatic heterocycles. The van der Waals surface area contributed by atoms with E-state index in [1.807, 2.05) is 13.8 Å². The highest BCUT2D eigenvalue weighted by Crippen LogP contribution is 2.13. The van der Waals surface area contributed by atoms with Crippen LogP contribution >= 0.6 is 11.6 Å². The molecular formula is C11H19ClN4O. The summed E-state index contributed by atoms with van der Waals surface area (Å²) < 4.78 is 1.78. The Hall–Kier alpha value is -1.07. The van der Waals surface area contributed by atoms with Crippen LogP contribution in [0.2, 0.25) is 5.02 Å². The minimum atomic E-state index is -0.325. The van der Waals surface area contributed by atoms with E-state index in [1.165, 1.54) is 0 Å². The van der Waals surface area contributed by atoms with Crippen molar-refractivity contribution in [1.29, 1.82) is 0 Å². The molecule has 1 aromatic rings. The van der Waals surface area contributed by atoms with Crippen molar-refractivity contribution in [2.24, 2.45) is 5.73 Å². The number of nitrogens with two attached hydrogens (primary N) is 1. The van der Waals surface area contributed by atoms with Crippen LogP contribution in [0.4, 0.5) is 0 Å². The van der Waals surface area contributed by atoms with Crippen molar-refractivity contribution in [3.05, 3.63) is 16.9 Å². The smallest absolute Gasteiger partial charge is 0.234 e. The van der Waals surface area contributed by atoms with Crippen LogP contribution in [0.3, 0.4) is 0 Å². The Morgan fingerprint density at radius 2 is 2.41 bits per heavy atom. The Bertz CT molecular complexity index is 378. The molecule has 0 spiro atoms. The molecule has 1 amide bonds. The third kappa shape index (κ3) is 4.02. The monoisotopic (exact) mass is 258 g/mol. The van der Waals surface area contributed by atoms with Crippen molar-refractivity contribution in [2.75, 3.05) is 6.54 Å². The van der Waals surface area contributed by atoms with Crippen LogP contribution < -0.4 is 11.1 Å². The molecule has 96 valence electrons. The van der Waals surface area contributed by atoms with Crippen molar-refractivity contribution >= 4 is 17.5 Å². The van der Waals surface area contributed by atoms with Gasteiger partial charge in [-0.3, -0.25) is 9.48 Å². The van der Waals surface area contributed by atoms with E-state index in [9.17, 15) is 4.79 Å². The van der Waals surface area contributed by atoms with E-state index < -0.39 is 0 Å². The third-order valence-corrected chi connectivity index (χ3v) is 3.03. The number of primary amides is 1. The van der Waals surface area contributed by atoms with Gasteiger partial charge in [0.05, 0.1) is 23.0 Å². The molecule has 5 nitrogen and oxygen atoms in total. The van der Waals surface area contributed by atoms with Crippen LogP contribution in [-0.4, -0.2) is 28.3 Å². The quantitative estimate of drug-likeness (QED) is 0.769. The molecule has 0 aromatic carbocycles. The van der Waals surface area contributed by atoms with E-state index >= 15 is 0 Å². The number of carbonyl (C=O) groups excluding carboxylic acids is 1. The van der Waals surface area contributed by atoms with E-state index in [-0.39, 0.29) is 11.9 Å². The fourth-order valence-corrected chi connectivity index (χ4v) is 1.71. The maximum atomic E-state index is 11.2. The van der Waals surface area contributed by atoms with Crippen LogP contribution in [0.25, 0.3) is 0 Å². The number of hydrogen-bond donors (Lipinski definition) is 2. The van der Waals surface area contributed by atoms with Gasteiger partial charge in [0, 0.05) is 6.54 Å². The fraction of sp³-hybridized carbons (Fsp3) is 0.636. The van der Waals surface area contributed by atoms with Crippen LogP contribution in [0, 0.1) is 6.92 Å². The second-order valence-corrected chi connectivity index (χ2v) is 4.41. The molecule has 3 N–H and O–H groups in total. The fourth-order valence-electron chi connectivity index (χ4n) is 1.56. The zero-order chi connectivity index (χ0) is 12.8. The van der Waals surface area contributed by atoms with Gasteiger partial charge < -0.3 is 11.1 Å². The highest BCUT2D eigenvalue weighted by molar-refractivity contribution is 6.31. The normalized spacial score (nSPS) is 12.6. The van der Waals surface area contributed by atoms with Gasteiger partial charge in [0.15, 0.2) is 0 Å². The topological polar surface area (TPSA) is 72.9 Å². The average molecular weight is 259 g/mol. The Balaban J connectivity index is 2.51. The molecule has 0 bridgehead atoms. The minimum Gasteiger partial charge on any atom is -0.368 e. The number of aryl methyl sites for hydroxylation is 1. The first-order valence-electron chi connectivity index (χ1n) is 5.76. The standard InChI is InChI=1S/C11H19ClN4O/c1-3-5-14-10(11(13)17)4-6-16-8(2)9(12)7-15-16/h7,10,14H,3-6H2,1-2H3,(H2,13,17). The van der Waals surface area contributed by atoms with Crippen molar-refractivity contribution < 1.29 is 4.79 Å². The molecule has 1 atom stereocenters. The highest BCUT2D eigenvalue weighted by atomic mass is 35.5. The summed E-state index contributed by atoms with van der Waals surface area (Å²) in [6.07, 6.45) is 3.19. The second-order valence-electron chi connectivity index (χ2n) is 4.00. The third-order valence-electron chi connectivity index (χ3n) is 2.66. The Morgan fingerprint density at radius 3 is 2.88 bits per heavy atom. The molecule has 1 unspecified atom stereocenters. The lowest BCUT2D eigenvalue weighted by molar-refractivity contribution is -0.120. The molecular weight excluding hydrogens is 240 g/mol. The molecule has 17 heavy (non-hydrogen) atoms. The number of hydrogen-bond acceptors (Lipinski definition) is 3. The largest absolute Gasteiger partial charge is 0.368 e. The number of nitrogens with zero attached hydrogens (tertiary/aromatic N) is 2. The predicted octanol–water partition coefficient (Wildman–Crippen LogP) is 1.09. The number of rotatable bonds is 7. The van der Waals surface area contributed by atoms with Gasteiger partial charge in [-0.05, 0) is 26.3 Å². The van der Waals surface area contributed by atoms with Crippen LogP contribution in [-0.2, 0) is 11.3 Å². The van der Waals surface area contributed by atoms with Crippen molar-refractivity contribution in [2.45, 2.75) is 39.3 Å². The zero-order valence-electron chi connectivity index (χ0n) is 10.2. The number of nitrogens with one attached hydrogen (secondary N) is 1. The Kier molecular flexibility index (Phi) is 5.44. The van der Waals surface area contributed by atoms with Crippen LogP contribution in [0.15, 0.2) is 6.20 Å². The maximum Gasteiger partial charge on any atom is 0.234 e. The van der Waals surface area contributed by atoms with Crippen molar-refractivity contribution in [1.82, 2.24) is 15.1 Å². The van der Waals surface area contributed by atoms with E-state index in [4.69, 9.17) is 17.3 Å². The van der Waals surface area contributed by atoms with Gasteiger partial charge >= 0.3 is 0 Å². The molecule has 6 heteroatoms. The summed E-state index contributed by atoms with van der Waals surface area (Å²) in [6, 6.07) is -0.308. The maximum absolute atomic E-state index is 11.2. The summed E-state index contributed by atoms with van der Waals surface area (Å²) in [6.45, 7) is 5.35. The lowest BCUT2D eigenvalue weighted by atomic mass is 10.2. The highest BCUT2D eigenvalue weighted by Gasteiger charge is 2.14. The van der Waals surface area contributed by atoms with Gasteiger partial charge in [-0.2, -0.15) is 5.10 Å².